The highest BCUT2D eigenvalue weighted by molar-refractivity contribution is 6.00. The van der Waals surface area contributed by atoms with E-state index in [2.05, 4.69) is 96.7 Å². The Bertz CT molecular complexity index is 1470. The van der Waals surface area contributed by atoms with E-state index >= 15 is 4.79 Å². The van der Waals surface area contributed by atoms with Crippen LogP contribution in [-0.4, -0.2) is 87.5 Å². The quantitative estimate of drug-likeness (QED) is 0.318. The number of likely N-dealkylation sites (N-methyl/N-ethyl adjacent to an activating group) is 1. The van der Waals surface area contributed by atoms with Gasteiger partial charge in [0, 0.05) is 16.4 Å². The van der Waals surface area contributed by atoms with E-state index in [1.807, 2.05) is 13.0 Å². The summed E-state index contributed by atoms with van der Waals surface area (Å²) < 4.78 is 14.0. The fraction of sp³-hybridized carbons (Fsp3) is 0.872. The SMILES string of the molecule is CC(C)[C@@H](C)[C@@]1(C)CC[C@]2(C)[C@H]3CC[C@@H]4[C@@]5(C)COC[C@@]4(C3=CC(=O)[C@@]2(C)[C@@H]1C(=O)O)[C@@H](OCC(C)(C(C)C)N(C)C)[C@H](n1ncnn1)C5. The van der Waals surface area contributed by atoms with Crippen LogP contribution in [-0.2, 0) is 19.1 Å². The number of fused-ring (bicyclic) bond motifs is 3. The molecule has 1 aromatic rings. The summed E-state index contributed by atoms with van der Waals surface area (Å²) in [5, 5.41) is 24.3. The second kappa shape index (κ2) is 11.9. The van der Waals surface area contributed by atoms with Crippen molar-refractivity contribution in [3.63, 3.8) is 0 Å². The molecule has 4 aliphatic carbocycles. The molecule has 49 heavy (non-hydrogen) atoms. The molecule has 0 spiro atoms. The number of ether oxygens (including phenoxy) is 2. The van der Waals surface area contributed by atoms with E-state index in [0.29, 0.717) is 31.7 Å². The first-order valence-corrected chi connectivity index (χ1v) is 18.8. The number of hydrogen-bond donors (Lipinski definition) is 1. The summed E-state index contributed by atoms with van der Waals surface area (Å²) in [5.41, 5.74) is -2.00. The van der Waals surface area contributed by atoms with Gasteiger partial charge in [-0.25, -0.2) is 0 Å². The molecule has 6 rings (SSSR count). The summed E-state index contributed by atoms with van der Waals surface area (Å²) in [4.78, 5) is 32.7. The van der Waals surface area contributed by atoms with Crippen molar-refractivity contribution in [2.24, 2.45) is 62.6 Å². The van der Waals surface area contributed by atoms with Gasteiger partial charge in [0.05, 0.1) is 31.8 Å². The molecule has 10 heteroatoms. The predicted octanol–water partition coefficient (Wildman–Crippen LogP) is 6.34. The maximum Gasteiger partial charge on any atom is 0.308 e. The van der Waals surface area contributed by atoms with E-state index in [4.69, 9.17) is 9.47 Å². The molecule has 2 bridgehead atoms. The minimum absolute atomic E-state index is 0.0250. The summed E-state index contributed by atoms with van der Waals surface area (Å²) in [7, 11) is 4.22. The lowest BCUT2D eigenvalue weighted by molar-refractivity contribution is -0.256. The number of aliphatic carboxylic acids is 1. The van der Waals surface area contributed by atoms with Gasteiger partial charge in [-0.2, -0.15) is 4.80 Å². The number of nitrogens with zero attached hydrogens (tertiary/aromatic N) is 5. The average molecular weight is 682 g/mol. The number of carbonyl (C=O) groups excluding carboxylic acids is 1. The normalized spacial score (nSPS) is 43.8. The summed E-state index contributed by atoms with van der Waals surface area (Å²) in [6, 6.07) is -0.199. The van der Waals surface area contributed by atoms with Gasteiger partial charge < -0.3 is 19.5 Å². The molecule has 1 aromatic heterocycles. The van der Waals surface area contributed by atoms with Crippen LogP contribution in [0.2, 0.25) is 0 Å². The lowest BCUT2D eigenvalue weighted by Crippen LogP contribution is -2.71. The molecule has 1 unspecified atom stereocenters. The molecule has 1 N–H and O–H groups in total. The van der Waals surface area contributed by atoms with Crippen LogP contribution in [0.3, 0.4) is 0 Å². The molecular weight excluding hydrogens is 618 g/mol. The van der Waals surface area contributed by atoms with Gasteiger partial charge in [-0.15, -0.1) is 10.2 Å². The Labute approximate surface area is 294 Å². The van der Waals surface area contributed by atoms with E-state index in [1.165, 1.54) is 6.33 Å². The zero-order chi connectivity index (χ0) is 36.1. The van der Waals surface area contributed by atoms with Crippen molar-refractivity contribution in [3.8, 4) is 0 Å². The van der Waals surface area contributed by atoms with Gasteiger partial charge in [0.15, 0.2) is 12.1 Å². The van der Waals surface area contributed by atoms with Crippen LogP contribution in [0.5, 0.6) is 0 Å². The fourth-order valence-corrected chi connectivity index (χ4v) is 12.3. The number of aromatic nitrogens is 4. The van der Waals surface area contributed by atoms with Gasteiger partial charge >= 0.3 is 5.97 Å². The molecule has 12 atom stereocenters. The fourth-order valence-electron chi connectivity index (χ4n) is 12.3. The van der Waals surface area contributed by atoms with Gasteiger partial charge in [-0.05, 0) is 110 Å². The minimum atomic E-state index is -1.05. The van der Waals surface area contributed by atoms with Gasteiger partial charge in [0.25, 0.3) is 0 Å². The molecule has 5 aliphatic rings. The second-order valence-corrected chi connectivity index (χ2v) is 18.9. The van der Waals surface area contributed by atoms with Crippen LogP contribution < -0.4 is 0 Å². The van der Waals surface area contributed by atoms with E-state index in [1.54, 1.807) is 4.80 Å². The zero-order valence-electron chi connectivity index (χ0n) is 32.2. The third kappa shape index (κ3) is 4.84. The maximum atomic E-state index is 15.2. The van der Waals surface area contributed by atoms with Gasteiger partial charge in [-0.3, -0.25) is 9.59 Å². The summed E-state index contributed by atoms with van der Waals surface area (Å²) in [6.45, 7) is 23.6. The van der Waals surface area contributed by atoms with Crippen LogP contribution >= 0.6 is 0 Å². The standard InChI is InChI=1S/C39H63N5O5/c1-23(2)25(5)35(7)15-16-36(8)26-13-14-29-34(6)18-28(44-41-22-40-42-44)32(49-20-37(9,24(3)4)43(11)12)39(29,21-48-19-34)27(26)17-30(45)38(36,10)31(35)33(46)47/h17,22-26,28-29,31-32H,13-16,18-21H2,1-12H3,(H,46,47)/t25-,26+,28-,29-,31-,32+,34-,35-,36-,37?,38+,39+/m1/s1. The Morgan fingerprint density at radius 3 is 2.39 bits per heavy atom. The van der Waals surface area contributed by atoms with Crippen molar-refractivity contribution in [1.82, 2.24) is 25.1 Å². The number of tetrazole rings is 1. The Hall–Kier alpha value is -2.17. The first-order valence-electron chi connectivity index (χ1n) is 18.8. The highest BCUT2D eigenvalue weighted by Crippen LogP contribution is 2.75. The first kappa shape index (κ1) is 36.6. The third-order valence-electron chi connectivity index (χ3n) is 16.4. The molecule has 3 saturated carbocycles. The van der Waals surface area contributed by atoms with Crippen molar-refractivity contribution in [3.05, 3.63) is 18.0 Å². The van der Waals surface area contributed by atoms with Crippen molar-refractivity contribution >= 4 is 11.8 Å². The van der Waals surface area contributed by atoms with Gasteiger partial charge in [0.2, 0.25) is 0 Å². The van der Waals surface area contributed by atoms with E-state index in [9.17, 15) is 9.90 Å². The topological polar surface area (TPSA) is 120 Å². The number of rotatable bonds is 9. The molecule has 0 amide bonds. The van der Waals surface area contributed by atoms with Crippen LogP contribution in [0, 0.1) is 62.6 Å². The monoisotopic (exact) mass is 681 g/mol. The second-order valence-electron chi connectivity index (χ2n) is 18.9. The number of hydrogen-bond acceptors (Lipinski definition) is 8. The average Bonchev–Trinajstić information content (AvgIpc) is 3.56. The largest absolute Gasteiger partial charge is 0.481 e. The third-order valence-corrected chi connectivity index (χ3v) is 16.4. The van der Waals surface area contributed by atoms with Gasteiger partial charge in [-0.1, -0.05) is 67.9 Å². The molecular formula is C39H63N5O5. The van der Waals surface area contributed by atoms with Gasteiger partial charge in [0.1, 0.15) is 6.04 Å². The van der Waals surface area contributed by atoms with Crippen LogP contribution in [0.15, 0.2) is 18.0 Å². The van der Waals surface area contributed by atoms with Crippen LogP contribution in [0.1, 0.15) is 107 Å². The minimum Gasteiger partial charge on any atom is -0.481 e. The smallest absolute Gasteiger partial charge is 0.308 e. The Morgan fingerprint density at radius 2 is 1.82 bits per heavy atom. The summed E-state index contributed by atoms with van der Waals surface area (Å²) in [5.74, 6) is -0.650. The summed E-state index contributed by atoms with van der Waals surface area (Å²) >= 11 is 0. The molecule has 4 fully saturated rings. The molecule has 0 aromatic carbocycles. The highest BCUT2D eigenvalue weighted by Gasteiger charge is 2.74. The molecule has 274 valence electrons. The van der Waals surface area contributed by atoms with Crippen molar-refractivity contribution < 1.29 is 24.2 Å². The van der Waals surface area contributed by atoms with Crippen LogP contribution in [0.4, 0.5) is 0 Å². The number of carboxylic acid groups (broad SMARTS) is 1. The van der Waals surface area contributed by atoms with E-state index in [0.717, 1.165) is 37.7 Å². The summed E-state index contributed by atoms with van der Waals surface area (Å²) in [6.07, 6.45) is 7.32. The molecule has 0 radical (unpaired) electrons. The van der Waals surface area contributed by atoms with Crippen molar-refractivity contribution in [1.29, 1.82) is 0 Å². The first-order chi connectivity index (χ1) is 22.8. The van der Waals surface area contributed by atoms with Crippen molar-refractivity contribution in [2.75, 3.05) is 33.9 Å². The lowest BCUT2D eigenvalue weighted by atomic mass is 9.34. The number of carbonyl (C=O) groups is 2. The zero-order valence-corrected chi connectivity index (χ0v) is 32.2. The maximum absolute atomic E-state index is 15.2. The molecule has 1 saturated heterocycles. The molecule has 2 heterocycles. The van der Waals surface area contributed by atoms with Crippen molar-refractivity contribution in [2.45, 2.75) is 119 Å². The lowest BCUT2D eigenvalue weighted by Gasteiger charge is -2.71. The van der Waals surface area contributed by atoms with Crippen LogP contribution in [0.25, 0.3) is 0 Å². The Morgan fingerprint density at radius 1 is 1.12 bits per heavy atom. The molecule has 1 aliphatic heterocycles. The Balaban J connectivity index is 1.55. The highest BCUT2D eigenvalue weighted by atomic mass is 16.5. The Kier molecular flexibility index (Phi) is 8.92. The number of ketones is 1. The number of carboxylic acids is 1. The van der Waals surface area contributed by atoms with E-state index < -0.39 is 33.5 Å². The van der Waals surface area contributed by atoms with E-state index in [-0.39, 0.29) is 46.6 Å². The molecule has 10 nitrogen and oxygen atoms in total. The predicted molar refractivity (Wildman–Crippen MR) is 187 cm³/mol. The number of allylic oxidation sites excluding steroid dienone is 1.